The van der Waals surface area contributed by atoms with E-state index in [1.807, 2.05) is 17.9 Å². The topological polar surface area (TPSA) is 90.6 Å². The average molecular weight is 401 g/mol. The minimum Gasteiger partial charge on any atom is -0.471 e. The number of carbonyl (C=O) groups is 1. The molecule has 0 spiro atoms. The molecule has 28 heavy (non-hydrogen) atoms. The molecule has 2 aliphatic heterocycles. The lowest BCUT2D eigenvalue weighted by Gasteiger charge is -2.24. The van der Waals surface area contributed by atoms with Crippen LogP contribution in [0.5, 0.6) is 5.88 Å². The van der Waals surface area contributed by atoms with Crippen LogP contribution in [0.25, 0.3) is 10.6 Å². The van der Waals surface area contributed by atoms with E-state index in [1.54, 1.807) is 0 Å². The Morgan fingerprint density at radius 1 is 1.36 bits per heavy atom. The van der Waals surface area contributed by atoms with E-state index in [-0.39, 0.29) is 18.1 Å². The highest BCUT2D eigenvalue weighted by molar-refractivity contribution is 7.18. The van der Waals surface area contributed by atoms with Crippen LogP contribution in [0.4, 0.5) is 5.13 Å². The van der Waals surface area contributed by atoms with E-state index in [1.165, 1.54) is 24.2 Å². The average Bonchev–Trinajstić information content (AvgIpc) is 3.14. The van der Waals surface area contributed by atoms with E-state index in [0.29, 0.717) is 42.3 Å². The second-order valence-electron chi connectivity index (χ2n) is 7.93. The molecular weight excluding hydrogens is 376 g/mol. The standard InChI is InChI=1S/C20H24N4O3S/c1-10-17(28-20(21)22-10)15-7-13-8-24(11(2)12-3-4-12)19(25)16(13)18(23-15)27-14-5-6-26-9-14/h7,11-12,14H,3-6,8-9H2,1-2H3,(H2,21,22)/t11-,14?/m0/s1. The zero-order valence-electron chi connectivity index (χ0n) is 16.1. The van der Waals surface area contributed by atoms with Crippen LogP contribution in [0.1, 0.15) is 47.8 Å². The number of rotatable bonds is 5. The van der Waals surface area contributed by atoms with E-state index >= 15 is 0 Å². The highest BCUT2D eigenvalue weighted by Crippen LogP contribution is 2.42. The van der Waals surface area contributed by atoms with E-state index in [2.05, 4.69) is 11.9 Å². The van der Waals surface area contributed by atoms with Crippen molar-refractivity contribution in [3.05, 3.63) is 22.9 Å². The number of ether oxygens (including phenoxy) is 2. The van der Waals surface area contributed by atoms with Crippen LogP contribution in [0.15, 0.2) is 6.07 Å². The molecule has 1 saturated carbocycles. The Balaban J connectivity index is 1.56. The molecule has 2 fully saturated rings. The summed E-state index contributed by atoms with van der Waals surface area (Å²) in [4.78, 5) is 25.2. The monoisotopic (exact) mass is 400 g/mol. The summed E-state index contributed by atoms with van der Waals surface area (Å²) in [6.45, 7) is 5.88. The molecule has 2 aromatic rings. The highest BCUT2D eigenvalue weighted by Gasteiger charge is 2.41. The van der Waals surface area contributed by atoms with E-state index in [0.717, 1.165) is 28.2 Å². The summed E-state index contributed by atoms with van der Waals surface area (Å²) in [5, 5.41) is 0.515. The van der Waals surface area contributed by atoms with Crippen molar-refractivity contribution in [1.82, 2.24) is 14.9 Å². The van der Waals surface area contributed by atoms with Crippen LogP contribution >= 0.6 is 11.3 Å². The van der Waals surface area contributed by atoms with E-state index in [9.17, 15) is 4.79 Å². The summed E-state index contributed by atoms with van der Waals surface area (Å²) in [7, 11) is 0. The second kappa shape index (κ2) is 6.70. The lowest BCUT2D eigenvalue weighted by atomic mass is 10.1. The maximum Gasteiger partial charge on any atom is 0.260 e. The molecule has 0 bridgehead atoms. The molecule has 8 heteroatoms. The van der Waals surface area contributed by atoms with Crippen LogP contribution in [0.3, 0.4) is 0 Å². The summed E-state index contributed by atoms with van der Waals surface area (Å²) < 4.78 is 11.6. The number of aromatic nitrogens is 2. The van der Waals surface area contributed by atoms with Gasteiger partial charge in [-0.1, -0.05) is 11.3 Å². The number of aryl methyl sites for hydroxylation is 1. The van der Waals surface area contributed by atoms with Gasteiger partial charge in [-0.25, -0.2) is 9.97 Å². The maximum atomic E-state index is 13.2. The SMILES string of the molecule is Cc1nc(N)sc1-c1cc2c(c(OC3CCOC3)n1)C(=O)N([C@@H](C)C1CC1)C2. The molecule has 0 aromatic carbocycles. The van der Waals surface area contributed by atoms with Gasteiger partial charge in [-0.3, -0.25) is 4.79 Å². The lowest BCUT2D eigenvalue weighted by Crippen LogP contribution is -2.35. The van der Waals surface area contributed by atoms with Gasteiger partial charge in [-0.2, -0.15) is 0 Å². The fourth-order valence-electron chi connectivity index (χ4n) is 4.11. The zero-order chi connectivity index (χ0) is 19.4. The fraction of sp³-hybridized carbons (Fsp3) is 0.550. The molecule has 1 saturated heterocycles. The number of thiazole rings is 1. The molecular formula is C20H24N4O3S. The number of nitrogen functional groups attached to an aromatic ring is 1. The van der Waals surface area contributed by atoms with Gasteiger partial charge < -0.3 is 20.1 Å². The Kier molecular flexibility index (Phi) is 4.28. The number of hydrogen-bond donors (Lipinski definition) is 1. The van der Waals surface area contributed by atoms with Gasteiger partial charge in [0.1, 0.15) is 11.7 Å². The maximum absolute atomic E-state index is 13.2. The second-order valence-corrected chi connectivity index (χ2v) is 8.96. The van der Waals surface area contributed by atoms with E-state index < -0.39 is 0 Å². The van der Waals surface area contributed by atoms with Gasteiger partial charge in [0, 0.05) is 19.0 Å². The Bertz CT molecular complexity index is 934. The quantitative estimate of drug-likeness (QED) is 0.830. The Labute approximate surface area is 167 Å². The normalized spacial score (nSPS) is 22.6. The van der Waals surface area contributed by atoms with Crippen LogP contribution in [0.2, 0.25) is 0 Å². The van der Waals surface area contributed by atoms with Gasteiger partial charge in [-0.05, 0) is 44.2 Å². The molecule has 7 nitrogen and oxygen atoms in total. The van der Waals surface area contributed by atoms with Crippen LogP contribution in [-0.2, 0) is 11.3 Å². The molecule has 5 rings (SSSR count). The molecule has 1 unspecified atom stereocenters. The summed E-state index contributed by atoms with van der Waals surface area (Å²) in [6.07, 6.45) is 3.14. The van der Waals surface area contributed by atoms with Gasteiger partial charge in [0.25, 0.3) is 5.91 Å². The van der Waals surface area contributed by atoms with Gasteiger partial charge in [-0.15, -0.1) is 0 Å². The molecule has 3 aliphatic rings. The molecule has 2 atom stereocenters. The molecule has 1 amide bonds. The number of pyridine rings is 1. The molecule has 2 N–H and O–H groups in total. The molecule has 2 aromatic heterocycles. The molecule has 1 aliphatic carbocycles. The van der Waals surface area contributed by atoms with Gasteiger partial charge >= 0.3 is 0 Å². The smallest absolute Gasteiger partial charge is 0.260 e. The van der Waals surface area contributed by atoms with Crippen molar-refractivity contribution in [3.63, 3.8) is 0 Å². The minimum atomic E-state index is -0.0674. The first-order chi connectivity index (χ1) is 13.5. The predicted octanol–water partition coefficient (Wildman–Crippen LogP) is 3.02. The summed E-state index contributed by atoms with van der Waals surface area (Å²) in [5.74, 6) is 1.06. The molecule has 4 heterocycles. The fourth-order valence-corrected chi connectivity index (χ4v) is 4.90. The first kappa shape index (κ1) is 17.9. The number of amides is 1. The summed E-state index contributed by atoms with van der Waals surface area (Å²) in [5.41, 5.74) is 9.09. The third-order valence-corrected chi connectivity index (χ3v) is 6.90. The van der Waals surface area contributed by atoms with Crippen molar-refractivity contribution >= 4 is 22.4 Å². The Morgan fingerprint density at radius 2 is 2.18 bits per heavy atom. The third-order valence-electron chi connectivity index (χ3n) is 5.89. The first-order valence-electron chi connectivity index (χ1n) is 9.84. The Hall–Kier alpha value is -2.19. The van der Waals surface area contributed by atoms with E-state index in [4.69, 9.17) is 20.2 Å². The molecule has 0 radical (unpaired) electrons. The number of fused-ring (bicyclic) bond motifs is 1. The number of nitrogens with zero attached hydrogens (tertiary/aromatic N) is 3. The summed E-state index contributed by atoms with van der Waals surface area (Å²) in [6, 6.07) is 2.25. The van der Waals surface area contributed by atoms with Crippen molar-refractivity contribution < 1.29 is 14.3 Å². The number of anilines is 1. The predicted molar refractivity (Wildman–Crippen MR) is 106 cm³/mol. The van der Waals surface area contributed by atoms with Crippen LogP contribution in [0, 0.1) is 12.8 Å². The number of hydrogen-bond acceptors (Lipinski definition) is 7. The van der Waals surface area contributed by atoms with Crippen molar-refractivity contribution in [3.8, 4) is 16.5 Å². The van der Waals surface area contributed by atoms with Crippen molar-refractivity contribution in [1.29, 1.82) is 0 Å². The van der Waals surface area contributed by atoms with Crippen LogP contribution in [-0.4, -0.2) is 46.1 Å². The molecule has 148 valence electrons. The van der Waals surface area contributed by atoms with Gasteiger partial charge in [0.15, 0.2) is 5.13 Å². The number of carbonyl (C=O) groups excluding carboxylic acids is 1. The van der Waals surface area contributed by atoms with Gasteiger partial charge in [0.2, 0.25) is 5.88 Å². The minimum absolute atomic E-state index is 0.0305. The largest absolute Gasteiger partial charge is 0.471 e. The highest BCUT2D eigenvalue weighted by atomic mass is 32.1. The van der Waals surface area contributed by atoms with Crippen LogP contribution < -0.4 is 10.5 Å². The number of nitrogens with two attached hydrogens (primary N) is 1. The Morgan fingerprint density at radius 3 is 2.82 bits per heavy atom. The zero-order valence-corrected chi connectivity index (χ0v) is 16.9. The summed E-state index contributed by atoms with van der Waals surface area (Å²) >= 11 is 1.41. The van der Waals surface area contributed by atoms with Crippen molar-refractivity contribution in [2.75, 3.05) is 18.9 Å². The van der Waals surface area contributed by atoms with Crippen molar-refractivity contribution in [2.45, 2.75) is 51.8 Å². The van der Waals surface area contributed by atoms with Crippen molar-refractivity contribution in [2.24, 2.45) is 5.92 Å². The third kappa shape index (κ3) is 3.04. The lowest BCUT2D eigenvalue weighted by molar-refractivity contribution is 0.0690. The first-order valence-corrected chi connectivity index (χ1v) is 10.7. The van der Waals surface area contributed by atoms with Gasteiger partial charge in [0.05, 0.1) is 29.5 Å².